The smallest absolute Gasteiger partial charge is 0.251 e. The summed E-state index contributed by atoms with van der Waals surface area (Å²) in [4.78, 5) is 44.9. The zero-order valence-electron chi connectivity index (χ0n) is 22.0. The van der Waals surface area contributed by atoms with Gasteiger partial charge in [0.1, 0.15) is 5.82 Å². The van der Waals surface area contributed by atoms with E-state index in [0.717, 1.165) is 69.3 Å². The molecule has 1 aromatic carbocycles. The molecule has 8 heteroatoms. The van der Waals surface area contributed by atoms with E-state index in [1.807, 2.05) is 19.1 Å². The second kappa shape index (κ2) is 10.0. The van der Waals surface area contributed by atoms with Crippen molar-refractivity contribution in [1.29, 1.82) is 0 Å². The van der Waals surface area contributed by atoms with Crippen LogP contribution in [0.15, 0.2) is 30.5 Å². The van der Waals surface area contributed by atoms with Gasteiger partial charge in [0.05, 0.1) is 5.56 Å². The number of anilines is 2. The molecule has 4 N–H and O–H groups in total. The highest BCUT2D eigenvalue weighted by atomic mass is 16.2. The average molecular weight is 516 g/mol. The number of rotatable bonds is 8. The third-order valence-electron chi connectivity index (χ3n) is 8.98. The minimum absolute atomic E-state index is 0.0760. The van der Waals surface area contributed by atoms with Crippen LogP contribution in [0.2, 0.25) is 0 Å². The zero-order valence-corrected chi connectivity index (χ0v) is 22.0. The van der Waals surface area contributed by atoms with Gasteiger partial charge in [0.15, 0.2) is 5.78 Å². The van der Waals surface area contributed by atoms with E-state index in [-0.39, 0.29) is 23.7 Å². The van der Waals surface area contributed by atoms with Crippen LogP contribution >= 0.6 is 0 Å². The van der Waals surface area contributed by atoms with Gasteiger partial charge in [0.25, 0.3) is 11.8 Å². The molecule has 0 spiro atoms. The molecule has 3 atom stereocenters. The molecule has 0 bridgehead atoms. The van der Waals surface area contributed by atoms with Gasteiger partial charge in [-0.25, -0.2) is 4.98 Å². The number of ketones is 1. The molecule has 8 nitrogen and oxygen atoms in total. The van der Waals surface area contributed by atoms with Gasteiger partial charge in [-0.15, -0.1) is 0 Å². The van der Waals surface area contributed by atoms with E-state index in [9.17, 15) is 14.4 Å². The molecule has 200 valence electrons. The molecule has 1 aliphatic heterocycles. The Hall–Kier alpha value is -3.42. The number of benzene rings is 1. The number of aryl methyl sites for hydroxylation is 1. The van der Waals surface area contributed by atoms with Crippen LogP contribution in [-0.2, 0) is 0 Å². The number of pyridine rings is 1. The highest BCUT2D eigenvalue weighted by Crippen LogP contribution is 2.39. The number of amides is 2. The molecular formula is C30H37N5O3. The summed E-state index contributed by atoms with van der Waals surface area (Å²) in [6.45, 7) is 2.79. The minimum Gasteiger partial charge on any atom is -0.382 e. The Bertz CT molecular complexity index is 1250. The number of carbonyl (C=O) groups excluding carboxylic acids is 3. The summed E-state index contributed by atoms with van der Waals surface area (Å²) in [7, 11) is 0. The van der Waals surface area contributed by atoms with Crippen LogP contribution < -0.4 is 21.3 Å². The second-order valence-electron chi connectivity index (χ2n) is 11.7. The first kappa shape index (κ1) is 24.9. The number of piperidine rings is 1. The van der Waals surface area contributed by atoms with Crippen LogP contribution in [0.3, 0.4) is 0 Å². The number of fused-ring (bicyclic) bond motifs is 1. The molecule has 2 heterocycles. The van der Waals surface area contributed by atoms with Gasteiger partial charge >= 0.3 is 0 Å². The number of hydrogen-bond acceptors (Lipinski definition) is 6. The van der Waals surface area contributed by atoms with Gasteiger partial charge in [-0.3, -0.25) is 14.4 Å². The number of primary amides is 1. The van der Waals surface area contributed by atoms with Gasteiger partial charge in [-0.2, -0.15) is 0 Å². The fourth-order valence-corrected chi connectivity index (χ4v) is 6.48. The third kappa shape index (κ3) is 4.88. The summed E-state index contributed by atoms with van der Waals surface area (Å²) in [5.41, 5.74) is 8.77. The minimum atomic E-state index is -0.486. The van der Waals surface area contributed by atoms with Crippen molar-refractivity contribution in [3.8, 4) is 0 Å². The Balaban J connectivity index is 1.15. The molecule has 4 fully saturated rings. The summed E-state index contributed by atoms with van der Waals surface area (Å²) in [5.74, 6) is 1.24. The molecular weight excluding hydrogens is 478 g/mol. The predicted octanol–water partition coefficient (Wildman–Crippen LogP) is 4.22. The number of aromatic nitrogens is 1. The van der Waals surface area contributed by atoms with Gasteiger partial charge < -0.3 is 21.3 Å². The normalized spacial score (nSPS) is 24.9. The maximum Gasteiger partial charge on any atom is 0.251 e. The van der Waals surface area contributed by atoms with Crippen LogP contribution in [0.5, 0.6) is 0 Å². The van der Waals surface area contributed by atoms with Crippen LogP contribution in [0.1, 0.15) is 94.4 Å². The lowest BCUT2D eigenvalue weighted by Crippen LogP contribution is -2.43. The molecule has 4 aliphatic rings. The van der Waals surface area contributed by atoms with Crippen molar-refractivity contribution in [3.63, 3.8) is 0 Å². The molecule has 2 aromatic rings. The number of nitrogens with two attached hydrogens (primary N) is 1. The van der Waals surface area contributed by atoms with E-state index in [1.54, 1.807) is 18.3 Å². The largest absolute Gasteiger partial charge is 0.382 e. The van der Waals surface area contributed by atoms with Crippen molar-refractivity contribution < 1.29 is 14.4 Å². The van der Waals surface area contributed by atoms with Crippen LogP contribution in [0.4, 0.5) is 11.5 Å². The van der Waals surface area contributed by atoms with Gasteiger partial charge in [-0.05, 0) is 100 Å². The van der Waals surface area contributed by atoms with Crippen molar-refractivity contribution >= 4 is 29.1 Å². The van der Waals surface area contributed by atoms with Crippen molar-refractivity contribution in [1.82, 2.24) is 10.3 Å². The molecule has 3 unspecified atom stereocenters. The molecule has 1 saturated heterocycles. The van der Waals surface area contributed by atoms with Crippen LogP contribution in [-0.4, -0.2) is 47.3 Å². The average Bonchev–Trinajstić information content (AvgIpc) is 3.65. The number of hydrogen-bond donors (Lipinski definition) is 3. The number of nitrogens with one attached hydrogen (secondary N) is 2. The molecule has 6 rings (SSSR count). The topological polar surface area (TPSA) is 117 Å². The first-order valence-corrected chi connectivity index (χ1v) is 14.2. The fraction of sp³-hybridized carbons (Fsp3) is 0.533. The van der Waals surface area contributed by atoms with E-state index < -0.39 is 5.91 Å². The van der Waals surface area contributed by atoms with Crippen molar-refractivity contribution in [2.45, 2.75) is 82.8 Å². The van der Waals surface area contributed by atoms with E-state index >= 15 is 0 Å². The van der Waals surface area contributed by atoms with E-state index in [2.05, 4.69) is 20.5 Å². The lowest BCUT2D eigenvalue weighted by Gasteiger charge is -2.38. The fourth-order valence-electron chi connectivity index (χ4n) is 6.48. The quantitative estimate of drug-likeness (QED) is 0.453. The summed E-state index contributed by atoms with van der Waals surface area (Å²) in [5, 5.41) is 6.70. The lowest BCUT2D eigenvalue weighted by atomic mass is 9.92. The number of carbonyl (C=O) groups is 3. The monoisotopic (exact) mass is 515 g/mol. The first-order chi connectivity index (χ1) is 18.4. The maximum absolute atomic E-state index is 13.4. The van der Waals surface area contributed by atoms with Gasteiger partial charge in [0, 0.05) is 53.6 Å². The summed E-state index contributed by atoms with van der Waals surface area (Å²) in [6, 6.07) is 8.17. The third-order valence-corrected chi connectivity index (χ3v) is 8.98. The molecule has 0 radical (unpaired) electrons. The van der Waals surface area contributed by atoms with Crippen LogP contribution in [0, 0.1) is 18.8 Å². The van der Waals surface area contributed by atoms with Gasteiger partial charge in [0.2, 0.25) is 0 Å². The van der Waals surface area contributed by atoms with E-state index in [4.69, 9.17) is 5.73 Å². The van der Waals surface area contributed by atoms with E-state index in [1.165, 1.54) is 6.42 Å². The Morgan fingerprint density at radius 3 is 2.45 bits per heavy atom. The van der Waals surface area contributed by atoms with Crippen molar-refractivity contribution in [2.24, 2.45) is 17.6 Å². The highest BCUT2D eigenvalue weighted by molar-refractivity contribution is 6.03. The second-order valence-corrected chi connectivity index (χ2v) is 11.7. The Morgan fingerprint density at radius 1 is 0.974 bits per heavy atom. The molecule has 3 aliphatic carbocycles. The number of nitrogens with zero attached hydrogens (tertiary/aromatic N) is 2. The van der Waals surface area contributed by atoms with Crippen molar-refractivity contribution in [2.75, 3.05) is 16.8 Å². The molecule has 38 heavy (non-hydrogen) atoms. The summed E-state index contributed by atoms with van der Waals surface area (Å²) < 4.78 is 0. The Labute approximate surface area is 223 Å². The first-order valence-electron chi connectivity index (χ1n) is 14.2. The Morgan fingerprint density at radius 2 is 1.79 bits per heavy atom. The molecule has 2 amide bonds. The zero-order chi connectivity index (χ0) is 26.4. The molecule has 1 aromatic heterocycles. The lowest BCUT2D eigenvalue weighted by molar-refractivity contribution is 0.0933. The van der Waals surface area contributed by atoms with Crippen molar-refractivity contribution in [3.05, 3.63) is 52.7 Å². The standard InChI is InChI=1S/C30H37N5O3/c1-17-12-24(29(31)37)25(33-21-5-2-6-21)15-23(17)30(38)34-22-13-19-4-3-11-35(26(19)14-22)27-10-9-20(16-32-27)28(36)18-7-8-18/h9-10,12,15-16,18-19,21-22,26,33H,2-8,11,13-14H2,1H3,(H2,31,37)(H,34,38). The van der Waals surface area contributed by atoms with E-state index in [0.29, 0.717) is 40.4 Å². The highest BCUT2D eigenvalue weighted by Gasteiger charge is 2.41. The number of Topliss-reactive ketones (excluding diaryl/α,β-unsaturated/α-hetero) is 1. The van der Waals surface area contributed by atoms with Gasteiger partial charge in [-0.1, -0.05) is 0 Å². The predicted molar refractivity (Wildman–Crippen MR) is 147 cm³/mol. The SMILES string of the molecule is Cc1cc(C(N)=O)c(NC2CCC2)cc1C(=O)NC1CC2CCCN(c3ccc(C(=O)C4CC4)cn3)C2C1. The molecule has 3 saturated carbocycles. The van der Waals surface area contributed by atoms with Crippen LogP contribution in [0.25, 0.3) is 0 Å². The summed E-state index contributed by atoms with van der Waals surface area (Å²) >= 11 is 0. The Kier molecular flexibility index (Phi) is 6.58. The maximum atomic E-state index is 13.4. The summed E-state index contributed by atoms with van der Waals surface area (Å²) in [6.07, 6.45) is 11.1.